The van der Waals surface area contributed by atoms with Crippen molar-refractivity contribution in [2.75, 3.05) is 19.7 Å². The summed E-state index contributed by atoms with van der Waals surface area (Å²) < 4.78 is 5.16. The Labute approximate surface area is 181 Å². The van der Waals surface area contributed by atoms with Gasteiger partial charge in [0.05, 0.1) is 13.0 Å². The molecule has 29 heavy (non-hydrogen) atoms. The number of aliphatic carboxylic acids is 1. The molecule has 7 heteroatoms. The second kappa shape index (κ2) is 12.5. The quantitative estimate of drug-likeness (QED) is 0.746. The maximum Gasteiger partial charge on any atom is 0.306 e. The summed E-state index contributed by atoms with van der Waals surface area (Å²) in [5.74, 6) is -0.505. The maximum atomic E-state index is 11.8. The zero-order valence-electron chi connectivity index (χ0n) is 16.0. The molecule has 156 valence electrons. The molecule has 1 unspecified atom stereocenters. The Balaban J connectivity index is 0.000000178. The van der Waals surface area contributed by atoms with E-state index < -0.39 is 12.1 Å². The van der Waals surface area contributed by atoms with Crippen LogP contribution in [-0.2, 0) is 14.3 Å². The number of carbonyl (C=O) groups is 2. The van der Waals surface area contributed by atoms with Gasteiger partial charge in [0.2, 0.25) is 0 Å². The van der Waals surface area contributed by atoms with Gasteiger partial charge in [0, 0.05) is 23.1 Å². The highest BCUT2D eigenvalue weighted by Crippen LogP contribution is 2.30. The number of carbonyl (C=O) groups excluding carboxylic acids is 1. The predicted octanol–water partition coefficient (Wildman–Crippen LogP) is 4.78. The van der Waals surface area contributed by atoms with E-state index in [1.54, 1.807) is 4.90 Å². The van der Waals surface area contributed by atoms with Crippen molar-refractivity contribution >= 4 is 35.1 Å². The van der Waals surface area contributed by atoms with Gasteiger partial charge < -0.3 is 14.7 Å². The smallest absolute Gasteiger partial charge is 0.306 e. The molecule has 1 N–H and O–H groups in total. The predicted molar refractivity (Wildman–Crippen MR) is 114 cm³/mol. The molecule has 2 aliphatic rings. The summed E-state index contributed by atoms with van der Waals surface area (Å²) in [5, 5.41) is 10.2. The van der Waals surface area contributed by atoms with E-state index in [2.05, 4.69) is 0 Å². The third kappa shape index (κ3) is 9.79. The fraction of sp³-hybridized carbons (Fsp3) is 0.364. The summed E-state index contributed by atoms with van der Waals surface area (Å²) in [6, 6.07) is 18.9. The Hall–Kier alpha value is -2.08. The molecule has 1 amide bonds. The van der Waals surface area contributed by atoms with Crippen LogP contribution in [0.1, 0.15) is 19.3 Å². The SMILES string of the molecule is Clc1ccccc1.Clc1ccccc1.O=C(O)CC1OCCN(CC2CC2)C1=O. The van der Waals surface area contributed by atoms with Gasteiger partial charge >= 0.3 is 5.97 Å². The summed E-state index contributed by atoms with van der Waals surface area (Å²) >= 11 is 11.1. The Morgan fingerprint density at radius 1 is 1.00 bits per heavy atom. The molecule has 0 radical (unpaired) electrons. The Bertz CT molecular complexity index is 716. The first-order valence-electron chi connectivity index (χ1n) is 9.49. The number of hydrogen-bond acceptors (Lipinski definition) is 3. The van der Waals surface area contributed by atoms with Gasteiger partial charge in [-0.3, -0.25) is 9.59 Å². The second-order valence-corrected chi connectivity index (χ2v) is 7.65. The van der Waals surface area contributed by atoms with E-state index in [0.29, 0.717) is 19.1 Å². The molecule has 1 aliphatic heterocycles. The topological polar surface area (TPSA) is 66.8 Å². The second-order valence-electron chi connectivity index (χ2n) is 6.78. The van der Waals surface area contributed by atoms with Crippen LogP contribution in [0, 0.1) is 5.92 Å². The van der Waals surface area contributed by atoms with E-state index in [4.69, 9.17) is 33.0 Å². The maximum absolute atomic E-state index is 11.8. The van der Waals surface area contributed by atoms with Crippen molar-refractivity contribution in [3.05, 3.63) is 70.7 Å². The van der Waals surface area contributed by atoms with Crippen LogP contribution >= 0.6 is 23.2 Å². The molecule has 0 aromatic heterocycles. The summed E-state index contributed by atoms with van der Waals surface area (Å²) in [6.07, 6.45) is 1.39. The lowest BCUT2D eigenvalue weighted by Crippen LogP contribution is -2.49. The standard InChI is InChI=1S/C10H15NO4.2C6H5Cl/c12-9(13)5-8-10(14)11(3-4-15-8)6-7-1-2-7;2*7-6-4-2-1-3-5-6/h7-8H,1-6H2,(H,12,13);2*1-5H. The molecule has 2 aromatic carbocycles. The van der Waals surface area contributed by atoms with Gasteiger partial charge in [0.15, 0.2) is 0 Å². The van der Waals surface area contributed by atoms with E-state index in [1.165, 1.54) is 12.8 Å². The van der Waals surface area contributed by atoms with Gasteiger partial charge in [-0.25, -0.2) is 0 Å². The number of morpholine rings is 1. The average Bonchev–Trinajstić information content (AvgIpc) is 3.51. The first-order valence-corrected chi connectivity index (χ1v) is 10.2. The van der Waals surface area contributed by atoms with Crippen LogP contribution < -0.4 is 0 Å². The van der Waals surface area contributed by atoms with Crippen molar-refractivity contribution < 1.29 is 19.4 Å². The summed E-state index contributed by atoms with van der Waals surface area (Å²) in [7, 11) is 0. The third-order valence-electron chi connectivity index (χ3n) is 4.27. The molecule has 5 nitrogen and oxygen atoms in total. The van der Waals surface area contributed by atoms with E-state index in [1.807, 2.05) is 60.7 Å². The molecular formula is C22H25Cl2NO4. The largest absolute Gasteiger partial charge is 0.481 e. The molecule has 4 rings (SSSR count). The molecule has 0 spiro atoms. The number of amides is 1. The van der Waals surface area contributed by atoms with Gasteiger partial charge in [-0.1, -0.05) is 59.6 Å². The number of halogens is 2. The Kier molecular flexibility index (Phi) is 9.98. The molecule has 1 saturated carbocycles. The van der Waals surface area contributed by atoms with Gasteiger partial charge in [-0.05, 0) is 43.0 Å². The monoisotopic (exact) mass is 437 g/mol. The molecule has 0 bridgehead atoms. The van der Waals surface area contributed by atoms with Crippen molar-refractivity contribution in [2.45, 2.75) is 25.4 Å². The first kappa shape index (κ1) is 23.2. The molecule has 1 aliphatic carbocycles. The lowest BCUT2D eigenvalue weighted by Gasteiger charge is -2.31. The fourth-order valence-corrected chi connectivity index (χ4v) is 2.91. The fourth-order valence-electron chi connectivity index (χ4n) is 2.62. The number of nitrogens with zero attached hydrogens (tertiary/aromatic N) is 1. The van der Waals surface area contributed by atoms with Crippen LogP contribution in [0.4, 0.5) is 0 Å². The van der Waals surface area contributed by atoms with Crippen LogP contribution in [0.2, 0.25) is 10.0 Å². The van der Waals surface area contributed by atoms with E-state index in [0.717, 1.165) is 16.6 Å². The molecule has 2 aromatic rings. The van der Waals surface area contributed by atoms with Crippen molar-refractivity contribution in [3.63, 3.8) is 0 Å². The number of carboxylic acid groups (broad SMARTS) is 1. The van der Waals surface area contributed by atoms with Gasteiger partial charge in [0.1, 0.15) is 6.10 Å². The van der Waals surface area contributed by atoms with Crippen molar-refractivity contribution in [3.8, 4) is 0 Å². The zero-order chi connectivity index (χ0) is 21.1. The third-order valence-corrected chi connectivity index (χ3v) is 4.77. The number of hydrogen-bond donors (Lipinski definition) is 1. The van der Waals surface area contributed by atoms with E-state index >= 15 is 0 Å². The van der Waals surface area contributed by atoms with Gasteiger partial charge in [0.25, 0.3) is 5.91 Å². The van der Waals surface area contributed by atoms with Gasteiger partial charge in [-0.2, -0.15) is 0 Å². The van der Waals surface area contributed by atoms with Crippen LogP contribution in [0.5, 0.6) is 0 Å². The summed E-state index contributed by atoms with van der Waals surface area (Å²) in [5.41, 5.74) is 0. The zero-order valence-corrected chi connectivity index (χ0v) is 17.6. The van der Waals surface area contributed by atoms with E-state index in [9.17, 15) is 9.59 Å². The van der Waals surface area contributed by atoms with E-state index in [-0.39, 0.29) is 12.3 Å². The normalized spacial score (nSPS) is 18.1. The van der Waals surface area contributed by atoms with Crippen LogP contribution in [0.25, 0.3) is 0 Å². The number of rotatable bonds is 4. The first-order chi connectivity index (χ1) is 14.0. The molecule has 1 saturated heterocycles. The Morgan fingerprint density at radius 3 is 1.90 bits per heavy atom. The molecule has 1 heterocycles. The molecule has 2 fully saturated rings. The summed E-state index contributed by atoms with van der Waals surface area (Å²) in [6.45, 7) is 1.83. The number of benzene rings is 2. The summed E-state index contributed by atoms with van der Waals surface area (Å²) in [4.78, 5) is 24.0. The average molecular weight is 438 g/mol. The highest BCUT2D eigenvalue weighted by atomic mass is 35.5. The Morgan fingerprint density at radius 2 is 1.52 bits per heavy atom. The number of carboxylic acids is 1. The van der Waals surface area contributed by atoms with Crippen LogP contribution in [0.15, 0.2) is 60.7 Å². The minimum atomic E-state index is -0.985. The van der Waals surface area contributed by atoms with Crippen molar-refractivity contribution in [1.82, 2.24) is 4.90 Å². The van der Waals surface area contributed by atoms with Crippen LogP contribution in [-0.4, -0.2) is 47.7 Å². The van der Waals surface area contributed by atoms with Crippen molar-refractivity contribution in [2.24, 2.45) is 5.92 Å². The highest BCUT2D eigenvalue weighted by Gasteiger charge is 2.34. The minimum Gasteiger partial charge on any atom is -0.481 e. The number of ether oxygens (including phenoxy) is 1. The van der Waals surface area contributed by atoms with Crippen molar-refractivity contribution in [1.29, 1.82) is 0 Å². The van der Waals surface area contributed by atoms with Gasteiger partial charge in [-0.15, -0.1) is 0 Å². The minimum absolute atomic E-state index is 0.157. The molecule has 1 atom stereocenters. The lowest BCUT2D eigenvalue weighted by atomic mass is 10.2. The lowest BCUT2D eigenvalue weighted by molar-refractivity contribution is -0.159. The van der Waals surface area contributed by atoms with Crippen LogP contribution in [0.3, 0.4) is 0 Å². The molecular weight excluding hydrogens is 413 g/mol. The highest BCUT2D eigenvalue weighted by molar-refractivity contribution is 6.30.